The predicted molar refractivity (Wildman–Crippen MR) is 72.9 cm³/mol. The molecule has 1 aromatic rings. The summed E-state index contributed by atoms with van der Waals surface area (Å²) in [7, 11) is 0. The number of aromatic nitrogens is 2. The number of aryl methyl sites for hydroxylation is 1. The molecule has 0 bridgehead atoms. The molecule has 1 atom stereocenters. The second-order valence-electron chi connectivity index (χ2n) is 5.56. The molecule has 5 nitrogen and oxygen atoms in total. The Morgan fingerprint density at radius 1 is 1.37 bits per heavy atom. The summed E-state index contributed by atoms with van der Waals surface area (Å²) in [4.78, 5) is 23.1. The van der Waals surface area contributed by atoms with Crippen LogP contribution in [0.15, 0.2) is 12.4 Å². The Labute approximate surface area is 113 Å². The van der Waals surface area contributed by atoms with Gasteiger partial charge < -0.3 is 10.2 Å². The normalized spacial score (nSPS) is 26.8. The summed E-state index contributed by atoms with van der Waals surface area (Å²) < 4.78 is 0. The van der Waals surface area contributed by atoms with Crippen molar-refractivity contribution in [3.05, 3.63) is 18.0 Å². The molecule has 2 saturated heterocycles. The summed E-state index contributed by atoms with van der Waals surface area (Å²) in [6, 6.07) is 0. The Hall–Kier alpha value is -1.65. The highest BCUT2D eigenvalue weighted by atomic mass is 16.2. The maximum absolute atomic E-state index is 12.0. The van der Waals surface area contributed by atoms with Gasteiger partial charge in [-0.25, -0.2) is 9.97 Å². The number of amides is 1. The van der Waals surface area contributed by atoms with E-state index in [2.05, 4.69) is 27.1 Å². The minimum absolute atomic E-state index is 0.203. The van der Waals surface area contributed by atoms with Gasteiger partial charge in [0.25, 0.3) is 0 Å². The van der Waals surface area contributed by atoms with Crippen LogP contribution in [0.5, 0.6) is 0 Å². The van der Waals surface area contributed by atoms with Gasteiger partial charge in [0.2, 0.25) is 11.9 Å². The Bertz CT molecular complexity index is 473. The number of nitrogens with one attached hydrogen (secondary N) is 1. The zero-order valence-corrected chi connectivity index (χ0v) is 11.4. The van der Waals surface area contributed by atoms with Gasteiger partial charge in [-0.1, -0.05) is 6.92 Å². The lowest BCUT2D eigenvalue weighted by Gasteiger charge is -2.38. The molecule has 19 heavy (non-hydrogen) atoms. The minimum Gasteiger partial charge on any atom is -0.356 e. The number of rotatable bonds is 2. The molecule has 0 aliphatic carbocycles. The lowest BCUT2D eigenvalue weighted by molar-refractivity contribution is -0.128. The lowest BCUT2D eigenvalue weighted by atomic mass is 9.78. The van der Waals surface area contributed by atoms with Crippen molar-refractivity contribution in [1.29, 1.82) is 0 Å². The van der Waals surface area contributed by atoms with E-state index in [4.69, 9.17) is 0 Å². The minimum atomic E-state index is -0.203. The van der Waals surface area contributed by atoms with Gasteiger partial charge >= 0.3 is 0 Å². The van der Waals surface area contributed by atoms with Crippen molar-refractivity contribution in [3.8, 4) is 0 Å². The smallest absolute Gasteiger partial charge is 0.228 e. The highest BCUT2D eigenvalue weighted by Gasteiger charge is 2.45. The average Bonchev–Trinajstić information content (AvgIpc) is 2.80. The van der Waals surface area contributed by atoms with E-state index in [-0.39, 0.29) is 11.3 Å². The zero-order valence-electron chi connectivity index (χ0n) is 11.4. The van der Waals surface area contributed by atoms with E-state index < -0.39 is 0 Å². The van der Waals surface area contributed by atoms with Crippen molar-refractivity contribution in [3.63, 3.8) is 0 Å². The summed E-state index contributed by atoms with van der Waals surface area (Å²) in [5, 5.41) is 2.96. The summed E-state index contributed by atoms with van der Waals surface area (Å²) in [6.45, 7) is 4.60. The van der Waals surface area contributed by atoms with Crippen molar-refractivity contribution in [2.45, 2.75) is 32.6 Å². The standard InChI is InChI=1S/C14H20N4O/c1-2-11-8-16-13(17-9-11)18-7-3-4-14(10-18)5-6-15-12(14)19/h8-9H,2-7,10H2,1H3,(H,15,19). The lowest BCUT2D eigenvalue weighted by Crippen LogP contribution is -2.47. The number of anilines is 1. The average molecular weight is 260 g/mol. The Balaban J connectivity index is 1.79. The molecule has 2 aliphatic rings. The zero-order chi connectivity index (χ0) is 13.3. The monoisotopic (exact) mass is 260 g/mol. The van der Waals surface area contributed by atoms with Gasteiger partial charge in [-0.2, -0.15) is 0 Å². The third-order valence-corrected chi connectivity index (χ3v) is 4.33. The fourth-order valence-electron chi connectivity index (χ4n) is 3.10. The van der Waals surface area contributed by atoms with Crippen LogP contribution >= 0.6 is 0 Å². The van der Waals surface area contributed by atoms with Crippen LogP contribution in [0.2, 0.25) is 0 Å². The predicted octanol–water partition coefficient (Wildman–Crippen LogP) is 1.15. The molecular formula is C14H20N4O. The van der Waals surface area contributed by atoms with Gasteiger partial charge in [-0.15, -0.1) is 0 Å². The SMILES string of the molecule is CCc1cnc(N2CCCC3(CCNC3=O)C2)nc1. The van der Waals surface area contributed by atoms with Gasteiger partial charge in [0.1, 0.15) is 0 Å². The summed E-state index contributed by atoms with van der Waals surface area (Å²) in [6.07, 6.45) is 7.69. The molecule has 0 radical (unpaired) electrons. The highest BCUT2D eigenvalue weighted by molar-refractivity contribution is 5.85. The number of hydrogen-bond acceptors (Lipinski definition) is 4. The van der Waals surface area contributed by atoms with Gasteiger partial charge in [-0.05, 0) is 31.2 Å². The van der Waals surface area contributed by atoms with Crippen LogP contribution in [0.25, 0.3) is 0 Å². The first-order valence-corrected chi connectivity index (χ1v) is 7.08. The van der Waals surface area contributed by atoms with E-state index in [0.29, 0.717) is 0 Å². The van der Waals surface area contributed by atoms with Crippen molar-refractivity contribution in [2.24, 2.45) is 5.41 Å². The molecule has 3 heterocycles. The van der Waals surface area contributed by atoms with E-state index in [1.807, 2.05) is 12.4 Å². The van der Waals surface area contributed by atoms with E-state index >= 15 is 0 Å². The molecule has 3 rings (SSSR count). The quantitative estimate of drug-likeness (QED) is 0.866. The Morgan fingerprint density at radius 3 is 2.79 bits per heavy atom. The molecule has 1 unspecified atom stereocenters. The van der Waals surface area contributed by atoms with E-state index in [9.17, 15) is 4.79 Å². The molecule has 1 aromatic heterocycles. The molecule has 2 fully saturated rings. The molecule has 1 amide bonds. The van der Waals surface area contributed by atoms with Gasteiger partial charge in [0.05, 0.1) is 5.41 Å². The molecule has 102 valence electrons. The van der Waals surface area contributed by atoms with E-state index in [1.165, 1.54) is 0 Å². The maximum atomic E-state index is 12.0. The van der Waals surface area contributed by atoms with Crippen molar-refractivity contribution in [2.75, 3.05) is 24.5 Å². The summed E-state index contributed by atoms with van der Waals surface area (Å²) in [5.74, 6) is 0.971. The summed E-state index contributed by atoms with van der Waals surface area (Å²) >= 11 is 0. The van der Waals surface area contributed by atoms with Gasteiger partial charge in [-0.3, -0.25) is 4.79 Å². The first-order valence-electron chi connectivity index (χ1n) is 7.08. The van der Waals surface area contributed by atoms with E-state index in [1.54, 1.807) is 0 Å². The number of nitrogens with zero attached hydrogens (tertiary/aromatic N) is 3. The van der Waals surface area contributed by atoms with Crippen molar-refractivity contribution in [1.82, 2.24) is 15.3 Å². The molecule has 5 heteroatoms. The summed E-state index contributed by atoms with van der Waals surface area (Å²) in [5.41, 5.74) is 0.944. The molecule has 0 saturated carbocycles. The molecule has 1 spiro atoms. The van der Waals surface area contributed by atoms with Crippen molar-refractivity contribution < 1.29 is 4.79 Å². The molecular weight excluding hydrogens is 240 g/mol. The Morgan fingerprint density at radius 2 is 2.16 bits per heavy atom. The van der Waals surface area contributed by atoms with Gasteiger partial charge in [0.15, 0.2) is 0 Å². The largest absolute Gasteiger partial charge is 0.356 e. The van der Waals surface area contributed by atoms with Crippen LogP contribution in [0, 0.1) is 5.41 Å². The fraction of sp³-hybridized carbons (Fsp3) is 0.643. The van der Waals surface area contributed by atoms with Crippen LogP contribution < -0.4 is 10.2 Å². The van der Waals surface area contributed by atoms with Crippen LogP contribution in [0.3, 0.4) is 0 Å². The van der Waals surface area contributed by atoms with Crippen LogP contribution in [-0.4, -0.2) is 35.5 Å². The first-order chi connectivity index (χ1) is 9.23. The number of carbonyl (C=O) groups excluding carboxylic acids is 1. The van der Waals surface area contributed by atoms with Crippen LogP contribution in [0.1, 0.15) is 31.7 Å². The molecule has 1 N–H and O–H groups in total. The third kappa shape index (κ3) is 2.17. The number of hydrogen-bond donors (Lipinski definition) is 1. The Kier molecular flexibility index (Phi) is 3.12. The fourth-order valence-corrected chi connectivity index (χ4v) is 3.10. The van der Waals surface area contributed by atoms with Crippen molar-refractivity contribution >= 4 is 11.9 Å². The molecule has 2 aliphatic heterocycles. The maximum Gasteiger partial charge on any atom is 0.228 e. The van der Waals surface area contributed by atoms with E-state index in [0.717, 1.165) is 56.8 Å². The topological polar surface area (TPSA) is 58.1 Å². The number of carbonyl (C=O) groups is 1. The highest BCUT2D eigenvalue weighted by Crippen LogP contribution is 2.37. The first kappa shape index (κ1) is 12.4. The second kappa shape index (κ2) is 4.79. The molecule has 0 aromatic carbocycles. The second-order valence-corrected chi connectivity index (χ2v) is 5.56. The van der Waals surface area contributed by atoms with Gasteiger partial charge in [0, 0.05) is 32.0 Å². The third-order valence-electron chi connectivity index (χ3n) is 4.33. The number of piperidine rings is 1. The van der Waals surface area contributed by atoms with Crippen LogP contribution in [-0.2, 0) is 11.2 Å². The van der Waals surface area contributed by atoms with Crippen LogP contribution in [0.4, 0.5) is 5.95 Å².